The summed E-state index contributed by atoms with van der Waals surface area (Å²) in [6.45, 7) is 3.46. The molecule has 0 saturated carbocycles. The molecule has 0 aliphatic rings. The number of hydrogen-bond donors (Lipinski definition) is 3. The Balaban J connectivity index is 4.07. The second-order valence-corrected chi connectivity index (χ2v) is 14.8. The van der Waals surface area contributed by atoms with E-state index in [1.54, 1.807) is 0 Å². The van der Waals surface area contributed by atoms with Gasteiger partial charge in [-0.05, 0) is 44.9 Å². The summed E-state index contributed by atoms with van der Waals surface area (Å²) < 4.78 is 33.2. The smallest absolute Gasteiger partial charge is 0.457 e. The van der Waals surface area contributed by atoms with E-state index in [4.69, 9.17) is 23.6 Å². The van der Waals surface area contributed by atoms with Crippen molar-refractivity contribution in [2.75, 3.05) is 33.0 Å². The van der Waals surface area contributed by atoms with Crippen molar-refractivity contribution in [1.29, 1.82) is 0 Å². The van der Waals surface area contributed by atoms with Crippen LogP contribution in [0.4, 0.5) is 0 Å². The Bertz CT molecular complexity index is 820. The van der Waals surface area contributed by atoms with Gasteiger partial charge in [-0.15, -0.1) is 0 Å². The molecule has 10 heteroatoms. The molecule has 0 spiro atoms. The van der Waals surface area contributed by atoms with Gasteiger partial charge in [0, 0.05) is 13.0 Å². The van der Waals surface area contributed by atoms with Crippen molar-refractivity contribution in [3.05, 3.63) is 24.3 Å². The number of aliphatic hydroxyl groups is 2. The normalized spacial score (nSPS) is 14.5. The predicted octanol–water partition coefficient (Wildman–Crippen LogP) is 10.3. The summed E-state index contributed by atoms with van der Waals surface area (Å²) in [5.74, 6) is -0.388. The third-order valence-corrected chi connectivity index (χ3v) is 9.34. The minimum atomic E-state index is -4.50. The Morgan fingerprint density at radius 1 is 0.633 bits per heavy atom. The average Bonchev–Trinajstić information content (AvgIpc) is 3.09. The molecule has 0 radical (unpaired) electrons. The lowest BCUT2D eigenvalue weighted by molar-refractivity contribution is -0.154. The molecule has 0 amide bonds. The molecule has 0 fully saturated rings. The van der Waals surface area contributed by atoms with Gasteiger partial charge in [-0.25, -0.2) is 4.57 Å². The number of rotatable bonds is 38. The first-order valence-corrected chi connectivity index (χ1v) is 21.3. The van der Waals surface area contributed by atoms with Gasteiger partial charge in [-0.1, -0.05) is 147 Å². The van der Waals surface area contributed by atoms with Crippen LogP contribution in [0.5, 0.6) is 0 Å². The molecule has 0 aliphatic heterocycles. The highest BCUT2D eigenvalue weighted by Gasteiger charge is 2.26. The van der Waals surface area contributed by atoms with Crippen LogP contribution in [-0.4, -0.2) is 66.3 Å². The van der Waals surface area contributed by atoms with Crippen LogP contribution in [0.15, 0.2) is 24.3 Å². The summed E-state index contributed by atoms with van der Waals surface area (Å²) in [7, 11) is -4.50. The molecule has 0 heterocycles. The molecule has 3 atom stereocenters. The van der Waals surface area contributed by atoms with Gasteiger partial charge in [0.15, 0.2) is 0 Å². The number of aliphatic hydroxyl groups excluding tert-OH is 2. The fraction of sp³-hybridized carbons (Fsp3) is 0.872. The second kappa shape index (κ2) is 36.7. The standard InChI is InChI=1S/C39H75O9P/c1-3-5-7-9-11-13-14-15-16-17-18-19-20-21-22-23-24-26-28-30-32-45-35-38(36-47-49(43,44)46-34-37(41)33-40)48-39(42)31-29-27-25-12-10-8-6-4-2/h11,13,15-16,37-38,40-41H,3-10,12,14,17-36H2,1-2H3,(H,43,44)/b13-11-,16-15-. The first kappa shape index (κ1) is 47.9. The van der Waals surface area contributed by atoms with Crippen LogP contribution in [-0.2, 0) is 27.9 Å². The zero-order valence-corrected chi connectivity index (χ0v) is 32.3. The molecule has 0 rings (SSSR count). The van der Waals surface area contributed by atoms with E-state index >= 15 is 0 Å². The number of carbonyl (C=O) groups is 1. The number of esters is 1. The monoisotopic (exact) mass is 719 g/mol. The van der Waals surface area contributed by atoms with Crippen molar-refractivity contribution in [2.24, 2.45) is 0 Å². The molecule has 3 unspecified atom stereocenters. The van der Waals surface area contributed by atoms with Crippen molar-refractivity contribution in [3.8, 4) is 0 Å². The molecule has 0 aromatic heterocycles. The fourth-order valence-corrected chi connectivity index (χ4v) is 6.12. The first-order valence-electron chi connectivity index (χ1n) is 19.8. The minimum Gasteiger partial charge on any atom is -0.457 e. The average molecular weight is 719 g/mol. The highest BCUT2D eigenvalue weighted by Crippen LogP contribution is 2.43. The number of hydrogen-bond acceptors (Lipinski definition) is 8. The van der Waals surface area contributed by atoms with Crippen molar-refractivity contribution in [1.82, 2.24) is 0 Å². The van der Waals surface area contributed by atoms with Crippen molar-refractivity contribution < 1.29 is 43.0 Å². The van der Waals surface area contributed by atoms with Crippen LogP contribution in [0.3, 0.4) is 0 Å². The van der Waals surface area contributed by atoms with E-state index in [-0.39, 0.29) is 25.6 Å². The van der Waals surface area contributed by atoms with Gasteiger partial charge in [0.25, 0.3) is 0 Å². The number of allylic oxidation sites excluding steroid dienone is 4. The van der Waals surface area contributed by atoms with Crippen LogP contribution in [0, 0.1) is 0 Å². The molecular weight excluding hydrogens is 643 g/mol. The van der Waals surface area contributed by atoms with Gasteiger partial charge < -0.3 is 24.6 Å². The molecule has 0 aromatic rings. The van der Waals surface area contributed by atoms with Crippen LogP contribution >= 0.6 is 7.82 Å². The third kappa shape index (κ3) is 36.5. The summed E-state index contributed by atoms with van der Waals surface area (Å²) in [6.07, 6.45) is 35.8. The van der Waals surface area contributed by atoms with Gasteiger partial charge in [0.1, 0.15) is 12.2 Å². The Hall–Kier alpha value is -1.06. The lowest BCUT2D eigenvalue weighted by atomic mass is 10.1. The van der Waals surface area contributed by atoms with E-state index in [0.717, 1.165) is 44.9 Å². The molecule has 0 bridgehead atoms. The van der Waals surface area contributed by atoms with Crippen molar-refractivity contribution >= 4 is 13.8 Å². The number of phosphoric ester groups is 1. The first-order chi connectivity index (χ1) is 23.8. The zero-order chi connectivity index (χ0) is 36.1. The van der Waals surface area contributed by atoms with E-state index in [9.17, 15) is 19.4 Å². The molecule has 290 valence electrons. The van der Waals surface area contributed by atoms with Gasteiger partial charge in [0.2, 0.25) is 0 Å². The summed E-state index contributed by atoms with van der Waals surface area (Å²) in [4.78, 5) is 22.4. The zero-order valence-electron chi connectivity index (χ0n) is 31.4. The van der Waals surface area contributed by atoms with Crippen LogP contribution < -0.4 is 0 Å². The van der Waals surface area contributed by atoms with Crippen LogP contribution in [0.25, 0.3) is 0 Å². The summed E-state index contributed by atoms with van der Waals surface area (Å²) >= 11 is 0. The molecule has 0 aromatic carbocycles. The van der Waals surface area contributed by atoms with Crippen LogP contribution in [0.2, 0.25) is 0 Å². The van der Waals surface area contributed by atoms with E-state index in [1.807, 2.05) is 0 Å². The third-order valence-electron chi connectivity index (χ3n) is 8.39. The number of unbranched alkanes of at least 4 members (excludes halogenated alkanes) is 20. The fourth-order valence-electron chi connectivity index (χ4n) is 5.33. The second-order valence-electron chi connectivity index (χ2n) is 13.3. The summed E-state index contributed by atoms with van der Waals surface area (Å²) in [5, 5.41) is 18.3. The Morgan fingerprint density at radius 2 is 1.10 bits per heavy atom. The SMILES string of the molecule is CCCCC/C=C\C/C=C\CCCCCCCCCCCCOCC(COP(=O)(O)OCC(O)CO)OC(=O)CCCCCCCCCC. The van der Waals surface area contributed by atoms with E-state index in [2.05, 4.69) is 38.2 Å². The van der Waals surface area contributed by atoms with Crippen molar-refractivity contribution in [2.45, 2.75) is 187 Å². The molecule has 49 heavy (non-hydrogen) atoms. The van der Waals surface area contributed by atoms with Crippen LogP contribution in [0.1, 0.15) is 174 Å². The van der Waals surface area contributed by atoms with E-state index < -0.39 is 33.2 Å². The molecule has 3 N–H and O–H groups in total. The molecule has 0 aliphatic carbocycles. The van der Waals surface area contributed by atoms with E-state index in [1.165, 1.54) is 109 Å². The topological polar surface area (TPSA) is 132 Å². The maximum atomic E-state index is 12.5. The number of ether oxygens (including phenoxy) is 2. The summed E-state index contributed by atoms with van der Waals surface area (Å²) in [5.41, 5.74) is 0. The highest BCUT2D eigenvalue weighted by molar-refractivity contribution is 7.47. The number of carbonyl (C=O) groups excluding carboxylic acids is 1. The Labute approximate surface area is 300 Å². The molecule has 9 nitrogen and oxygen atoms in total. The van der Waals surface area contributed by atoms with Gasteiger partial charge in [-0.2, -0.15) is 0 Å². The van der Waals surface area contributed by atoms with E-state index in [0.29, 0.717) is 6.61 Å². The highest BCUT2D eigenvalue weighted by atomic mass is 31.2. The maximum absolute atomic E-state index is 12.5. The van der Waals surface area contributed by atoms with Crippen molar-refractivity contribution in [3.63, 3.8) is 0 Å². The lowest BCUT2D eigenvalue weighted by Crippen LogP contribution is -2.29. The molecule has 0 saturated heterocycles. The quantitative estimate of drug-likeness (QED) is 0.0247. The van der Waals surface area contributed by atoms with Gasteiger partial charge in [-0.3, -0.25) is 13.8 Å². The lowest BCUT2D eigenvalue weighted by Gasteiger charge is -2.20. The summed E-state index contributed by atoms with van der Waals surface area (Å²) in [6, 6.07) is 0. The Kier molecular flexibility index (Phi) is 35.9. The number of phosphoric acid groups is 1. The Morgan fingerprint density at radius 3 is 1.67 bits per heavy atom. The van der Waals surface area contributed by atoms with Gasteiger partial charge in [0.05, 0.1) is 26.4 Å². The molecular formula is C39H75O9P. The van der Waals surface area contributed by atoms with Gasteiger partial charge >= 0.3 is 13.8 Å². The minimum absolute atomic E-state index is 0.0500. The largest absolute Gasteiger partial charge is 0.472 e. The maximum Gasteiger partial charge on any atom is 0.472 e. The predicted molar refractivity (Wildman–Crippen MR) is 201 cm³/mol.